The van der Waals surface area contributed by atoms with Crippen LogP contribution in [0.1, 0.15) is 28.8 Å². The lowest BCUT2D eigenvalue weighted by Crippen LogP contribution is -1.98. The molecule has 3 nitrogen and oxygen atoms in total. The summed E-state index contributed by atoms with van der Waals surface area (Å²) in [5, 5.41) is 0. The van der Waals surface area contributed by atoms with Crippen LogP contribution in [-0.4, -0.2) is 18.9 Å². The van der Waals surface area contributed by atoms with Gasteiger partial charge in [-0.25, -0.2) is 4.79 Å². The summed E-state index contributed by atoms with van der Waals surface area (Å²) in [4.78, 5) is 22.5. The molecule has 0 fully saturated rings. The van der Waals surface area contributed by atoms with Crippen molar-refractivity contribution < 1.29 is 14.3 Å². The molecule has 0 spiro atoms. The van der Waals surface area contributed by atoms with Crippen molar-refractivity contribution in [3.63, 3.8) is 0 Å². The minimum Gasteiger partial charge on any atom is -0.466 e. The van der Waals surface area contributed by atoms with Gasteiger partial charge in [0, 0.05) is 18.1 Å². The van der Waals surface area contributed by atoms with Crippen LogP contribution in [0.5, 0.6) is 0 Å². The summed E-state index contributed by atoms with van der Waals surface area (Å²) < 4.78 is 4.44. The molecule has 3 heteroatoms. The third-order valence-corrected chi connectivity index (χ3v) is 2.37. The smallest absolute Gasteiger partial charge is 0.330 e. The molecule has 0 N–H and O–H groups in total. The number of hydrogen-bond donors (Lipinski definition) is 0. The van der Waals surface area contributed by atoms with E-state index in [0.717, 1.165) is 5.56 Å². The zero-order chi connectivity index (χ0) is 12.7. The minimum absolute atomic E-state index is 0.0829. The highest BCUT2D eigenvalue weighted by molar-refractivity contribution is 5.96. The molecule has 0 aliphatic heterocycles. The van der Waals surface area contributed by atoms with Gasteiger partial charge in [-0.2, -0.15) is 0 Å². The van der Waals surface area contributed by atoms with Crippen molar-refractivity contribution in [1.82, 2.24) is 0 Å². The molecular formula is C14H16O3. The van der Waals surface area contributed by atoms with Crippen LogP contribution in [0.15, 0.2) is 36.4 Å². The SMILES string of the molecule is COC(=O)/C=C/CCC(=O)c1ccc(C)cc1. The van der Waals surface area contributed by atoms with E-state index < -0.39 is 5.97 Å². The van der Waals surface area contributed by atoms with Crippen LogP contribution in [-0.2, 0) is 9.53 Å². The molecule has 0 aromatic heterocycles. The van der Waals surface area contributed by atoms with Crippen LogP contribution in [0.4, 0.5) is 0 Å². The number of esters is 1. The second-order valence-corrected chi connectivity index (χ2v) is 3.75. The van der Waals surface area contributed by atoms with Gasteiger partial charge in [0.15, 0.2) is 5.78 Å². The number of aryl methyl sites for hydroxylation is 1. The van der Waals surface area contributed by atoms with Crippen molar-refractivity contribution in [1.29, 1.82) is 0 Å². The molecule has 90 valence electrons. The lowest BCUT2D eigenvalue weighted by molar-refractivity contribution is -0.134. The monoisotopic (exact) mass is 232 g/mol. The van der Waals surface area contributed by atoms with E-state index in [1.54, 1.807) is 6.08 Å². The van der Waals surface area contributed by atoms with Gasteiger partial charge >= 0.3 is 5.97 Å². The Kier molecular flexibility index (Phi) is 5.14. The van der Waals surface area contributed by atoms with E-state index >= 15 is 0 Å². The summed E-state index contributed by atoms with van der Waals surface area (Å²) in [7, 11) is 1.32. The normalized spacial score (nSPS) is 10.5. The third kappa shape index (κ3) is 4.64. The predicted molar refractivity (Wildman–Crippen MR) is 65.9 cm³/mol. The fourth-order valence-electron chi connectivity index (χ4n) is 1.35. The average Bonchev–Trinajstić information content (AvgIpc) is 2.34. The first-order valence-corrected chi connectivity index (χ1v) is 5.48. The molecule has 0 heterocycles. The largest absolute Gasteiger partial charge is 0.466 e. The molecule has 0 atom stereocenters. The molecule has 0 amide bonds. The number of rotatable bonds is 5. The molecule has 0 saturated heterocycles. The molecule has 0 bridgehead atoms. The van der Waals surface area contributed by atoms with Crippen LogP contribution < -0.4 is 0 Å². The Morgan fingerprint density at radius 1 is 1.24 bits per heavy atom. The molecule has 0 aliphatic carbocycles. The highest BCUT2D eigenvalue weighted by Crippen LogP contribution is 2.07. The van der Waals surface area contributed by atoms with Crippen molar-refractivity contribution in [2.45, 2.75) is 19.8 Å². The quantitative estimate of drug-likeness (QED) is 0.445. The Morgan fingerprint density at radius 2 is 1.88 bits per heavy atom. The van der Waals surface area contributed by atoms with Gasteiger partial charge in [-0.15, -0.1) is 0 Å². The van der Waals surface area contributed by atoms with E-state index in [1.165, 1.54) is 13.2 Å². The van der Waals surface area contributed by atoms with Crippen molar-refractivity contribution >= 4 is 11.8 Å². The van der Waals surface area contributed by atoms with Gasteiger partial charge in [-0.05, 0) is 13.3 Å². The average molecular weight is 232 g/mol. The standard InChI is InChI=1S/C14H16O3/c1-11-7-9-12(10-8-11)13(15)5-3-4-6-14(16)17-2/h4,6-10H,3,5H2,1-2H3/b6-4+. The zero-order valence-electron chi connectivity index (χ0n) is 10.1. The molecular weight excluding hydrogens is 216 g/mol. The maximum Gasteiger partial charge on any atom is 0.330 e. The third-order valence-electron chi connectivity index (χ3n) is 2.37. The number of allylic oxidation sites excluding steroid dienone is 1. The zero-order valence-corrected chi connectivity index (χ0v) is 10.1. The first-order chi connectivity index (χ1) is 8.13. The molecule has 0 aliphatic rings. The van der Waals surface area contributed by atoms with Crippen molar-refractivity contribution in [2.75, 3.05) is 7.11 Å². The van der Waals surface area contributed by atoms with E-state index in [4.69, 9.17) is 0 Å². The molecule has 0 saturated carbocycles. The van der Waals surface area contributed by atoms with Crippen LogP contribution in [0.3, 0.4) is 0 Å². The molecule has 1 aromatic rings. The number of carbonyl (C=O) groups excluding carboxylic acids is 2. The Balaban J connectivity index is 2.42. The van der Waals surface area contributed by atoms with E-state index in [9.17, 15) is 9.59 Å². The summed E-state index contributed by atoms with van der Waals surface area (Å²) in [6.07, 6.45) is 3.93. The summed E-state index contributed by atoms with van der Waals surface area (Å²) in [6, 6.07) is 7.47. The topological polar surface area (TPSA) is 43.4 Å². The van der Waals surface area contributed by atoms with Crippen molar-refractivity contribution in [3.05, 3.63) is 47.5 Å². The Labute approximate surface area is 101 Å². The first kappa shape index (κ1) is 13.2. The number of ketones is 1. The molecule has 1 aromatic carbocycles. The van der Waals surface area contributed by atoms with E-state index in [1.807, 2.05) is 31.2 Å². The lowest BCUT2D eigenvalue weighted by Gasteiger charge is -1.99. The number of ether oxygens (including phenoxy) is 1. The lowest BCUT2D eigenvalue weighted by atomic mass is 10.1. The minimum atomic E-state index is -0.396. The fraction of sp³-hybridized carbons (Fsp3) is 0.286. The number of methoxy groups -OCH3 is 1. The number of carbonyl (C=O) groups is 2. The molecule has 0 unspecified atom stereocenters. The molecule has 17 heavy (non-hydrogen) atoms. The van der Waals surface area contributed by atoms with Gasteiger partial charge in [-0.3, -0.25) is 4.79 Å². The van der Waals surface area contributed by atoms with E-state index in [-0.39, 0.29) is 5.78 Å². The highest BCUT2D eigenvalue weighted by atomic mass is 16.5. The van der Waals surface area contributed by atoms with E-state index in [2.05, 4.69) is 4.74 Å². The summed E-state index contributed by atoms with van der Waals surface area (Å²) in [5.41, 5.74) is 1.84. The van der Waals surface area contributed by atoms with Crippen LogP contribution in [0.2, 0.25) is 0 Å². The van der Waals surface area contributed by atoms with E-state index in [0.29, 0.717) is 18.4 Å². The first-order valence-electron chi connectivity index (χ1n) is 5.48. The van der Waals surface area contributed by atoms with Gasteiger partial charge < -0.3 is 4.74 Å². The molecule has 1 rings (SSSR count). The van der Waals surface area contributed by atoms with Gasteiger partial charge in [0.2, 0.25) is 0 Å². The maximum absolute atomic E-state index is 11.7. The van der Waals surface area contributed by atoms with Gasteiger partial charge in [-0.1, -0.05) is 35.9 Å². The number of benzene rings is 1. The van der Waals surface area contributed by atoms with Crippen LogP contribution in [0, 0.1) is 6.92 Å². The Hall–Kier alpha value is -1.90. The maximum atomic E-state index is 11.7. The number of Topliss-reactive ketones (excluding diaryl/α,β-unsaturated/α-hetero) is 1. The summed E-state index contributed by atoms with van der Waals surface area (Å²) in [5.74, 6) is -0.313. The van der Waals surface area contributed by atoms with Crippen molar-refractivity contribution in [3.8, 4) is 0 Å². The second kappa shape index (κ2) is 6.63. The predicted octanol–water partition coefficient (Wildman–Crippen LogP) is 2.69. The summed E-state index contributed by atoms with van der Waals surface area (Å²) >= 11 is 0. The van der Waals surface area contributed by atoms with Gasteiger partial charge in [0.25, 0.3) is 0 Å². The Bertz CT molecular complexity index is 416. The Morgan fingerprint density at radius 3 is 2.47 bits per heavy atom. The highest BCUT2D eigenvalue weighted by Gasteiger charge is 2.03. The van der Waals surface area contributed by atoms with Gasteiger partial charge in [0.05, 0.1) is 7.11 Å². The van der Waals surface area contributed by atoms with Crippen LogP contribution >= 0.6 is 0 Å². The number of hydrogen-bond acceptors (Lipinski definition) is 3. The fourth-order valence-corrected chi connectivity index (χ4v) is 1.35. The molecule has 0 radical (unpaired) electrons. The second-order valence-electron chi connectivity index (χ2n) is 3.75. The van der Waals surface area contributed by atoms with Gasteiger partial charge in [0.1, 0.15) is 0 Å². The van der Waals surface area contributed by atoms with Crippen molar-refractivity contribution in [2.24, 2.45) is 0 Å². The van der Waals surface area contributed by atoms with Crippen LogP contribution in [0.25, 0.3) is 0 Å². The summed E-state index contributed by atoms with van der Waals surface area (Å²) in [6.45, 7) is 1.98.